The van der Waals surface area contributed by atoms with E-state index in [-0.39, 0.29) is 12.0 Å². The average Bonchev–Trinajstić information content (AvgIpc) is 3.14. The van der Waals surface area contributed by atoms with Gasteiger partial charge in [0.25, 0.3) is 0 Å². The number of ether oxygens (including phenoxy) is 1. The number of aryl methyl sites for hydroxylation is 2. The quantitative estimate of drug-likeness (QED) is 0.850. The third-order valence-electron chi connectivity index (χ3n) is 4.51. The van der Waals surface area contributed by atoms with Crippen LogP contribution < -0.4 is 0 Å². The predicted molar refractivity (Wildman–Crippen MR) is 92.6 cm³/mol. The first-order valence-electron chi connectivity index (χ1n) is 8.72. The highest BCUT2D eigenvalue weighted by molar-refractivity contribution is 5.76. The molecule has 1 aliphatic rings. The molecule has 128 valence electrons. The Bertz CT molecular complexity index is 613. The smallest absolute Gasteiger partial charge is 0.223 e. The van der Waals surface area contributed by atoms with Crippen LogP contribution in [0.25, 0.3) is 0 Å². The molecule has 5 heteroatoms. The fourth-order valence-corrected chi connectivity index (χ4v) is 3.12. The van der Waals surface area contributed by atoms with Crippen molar-refractivity contribution in [2.24, 2.45) is 0 Å². The molecule has 5 nitrogen and oxygen atoms in total. The number of amides is 1. The van der Waals surface area contributed by atoms with Crippen LogP contribution in [0, 0.1) is 0 Å². The van der Waals surface area contributed by atoms with E-state index in [9.17, 15) is 4.79 Å². The van der Waals surface area contributed by atoms with Gasteiger partial charge in [0.1, 0.15) is 0 Å². The number of H-pyrrole nitrogens is 1. The van der Waals surface area contributed by atoms with Crippen molar-refractivity contribution in [1.82, 2.24) is 15.1 Å². The molecule has 0 radical (unpaired) electrons. The lowest BCUT2D eigenvalue weighted by Gasteiger charge is -2.33. The van der Waals surface area contributed by atoms with Crippen molar-refractivity contribution in [2.45, 2.75) is 38.2 Å². The van der Waals surface area contributed by atoms with E-state index >= 15 is 0 Å². The molecule has 1 N–H and O–H groups in total. The number of hydrogen-bond acceptors (Lipinski definition) is 3. The second-order valence-corrected chi connectivity index (χ2v) is 6.32. The monoisotopic (exact) mass is 327 g/mol. The van der Waals surface area contributed by atoms with Gasteiger partial charge in [-0.05, 0) is 36.8 Å². The van der Waals surface area contributed by atoms with Gasteiger partial charge in [0, 0.05) is 25.7 Å². The van der Waals surface area contributed by atoms with Gasteiger partial charge < -0.3 is 9.64 Å². The molecule has 24 heavy (non-hydrogen) atoms. The van der Waals surface area contributed by atoms with Crippen LogP contribution in [0.5, 0.6) is 0 Å². The summed E-state index contributed by atoms with van der Waals surface area (Å²) in [6.45, 7) is 2.08. The highest BCUT2D eigenvalue weighted by Gasteiger charge is 2.23. The normalized spacial score (nSPS) is 17.8. The number of benzene rings is 1. The fraction of sp³-hybridized carbons (Fsp3) is 0.474. The standard InChI is InChI=1S/C19H25N3O2/c23-19(10-9-17-13-20-21-14-17)22-11-12-24-18(15-22)8-4-7-16-5-2-1-3-6-16/h1-3,5-6,13-14,18H,4,7-12,15H2,(H,20,21)/t18-/m0/s1. The van der Waals surface area contributed by atoms with Crippen molar-refractivity contribution in [3.05, 3.63) is 53.9 Å². The number of carbonyl (C=O) groups excluding carboxylic acids is 1. The molecule has 0 unspecified atom stereocenters. The number of hydrogen-bond donors (Lipinski definition) is 1. The van der Waals surface area contributed by atoms with Crippen LogP contribution >= 0.6 is 0 Å². The van der Waals surface area contributed by atoms with Crippen LogP contribution in [-0.2, 0) is 22.4 Å². The van der Waals surface area contributed by atoms with E-state index in [2.05, 4.69) is 34.5 Å². The van der Waals surface area contributed by atoms with Crippen LogP contribution in [0.15, 0.2) is 42.7 Å². The Balaban J connectivity index is 1.39. The van der Waals surface area contributed by atoms with Gasteiger partial charge in [-0.1, -0.05) is 30.3 Å². The second-order valence-electron chi connectivity index (χ2n) is 6.32. The van der Waals surface area contributed by atoms with Gasteiger partial charge >= 0.3 is 0 Å². The minimum absolute atomic E-state index is 0.167. The molecule has 0 saturated carbocycles. The van der Waals surface area contributed by atoms with Gasteiger partial charge in [0.2, 0.25) is 5.91 Å². The van der Waals surface area contributed by atoms with E-state index in [0.29, 0.717) is 19.6 Å². The first-order chi connectivity index (χ1) is 11.8. The topological polar surface area (TPSA) is 58.2 Å². The summed E-state index contributed by atoms with van der Waals surface area (Å²) in [4.78, 5) is 14.3. The molecular formula is C19H25N3O2. The van der Waals surface area contributed by atoms with Gasteiger partial charge in [-0.3, -0.25) is 9.89 Å². The number of aromatic amines is 1. The van der Waals surface area contributed by atoms with Crippen LogP contribution in [0.4, 0.5) is 0 Å². The first-order valence-corrected chi connectivity index (χ1v) is 8.72. The van der Waals surface area contributed by atoms with Gasteiger partial charge in [-0.2, -0.15) is 5.10 Å². The minimum Gasteiger partial charge on any atom is -0.375 e. The predicted octanol–water partition coefficient (Wildman–Crippen LogP) is 2.59. The second kappa shape index (κ2) is 8.64. The number of aromatic nitrogens is 2. The van der Waals surface area contributed by atoms with E-state index in [1.807, 2.05) is 17.2 Å². The van der Waals surface area contributed by atoms with Crippen molar-refractivity contribution in [3.63, 3.8) is 0 Å². The van der Waals surface area contributed by atoms with Crippen molar-refractivity contribution < 1.29 is 9.53 Å². The Hall–Kier alpha value is -2.14. The summed E-state index contributed by atoms with van der Waals surface area (Å²) in [7, 11) is 0. The van der Waals surface area contributed by atoms with Gasteiger partial charge in [-0.15, -0.1) is 0 Å². The molecule has 0 bridgehead atoms. The Labute approximate surface area is 143 Å². The number of morpholine rings is 1. The Morgan fingerprint density at radius 2 is 2.12 bits per heavy atom. The van der Waals surface area contributed by atoms with Crippen molar-refractivity contribution in [1.29, 1.82) is 0 Å². The summed E-state index contributed by atoms with van der Waals surface area (Å²) in [5, 5.41) is 6.70. The largest absolute Gasteiger partial charge is 0.375 e. The van der Waals surface area contributed by atoms with Crippen LogP contribution in [-0.4, -0.2) is 46.8 Å². The third kappa shape index (κ3) is 4.93. The SMILES string of the molecule is O=C(CCc1cn[nH]c1)N1CCO[C@@H](CCCc2ccccc2)C1. The van der Waals surface area contributed by atoms with E-state index in [0.717, 1.165) is 37.8 Å². The summed E-state index contributed by atoms with van der Waals surface area (Å²) in [6.07, 6.45) is 8.22. The lowest BCUT2D eigenvalue weighted by molar-refractivity contribution is -0.139. The maximum absolute atomic E-state index is 12.4. The number of rotatable bonds is 7. The Kier molecular flexibility index (Phi) is 6.01. The highest BCUT2D eigenvalue weighted by Crippen LogP contribution is 2.14. The Morgan fingerprint density at radius 1 is 1.25 bits per heavy atom. The molecule has 0 spiro atoms. The summed E-state index contributed by atoms with van der Waals surface area (Å²) < 4.78 is 5.84. The van der Waals surface area contributed by atoms with Crippen molar-refractivity contribution in [2.75, 3.05) is 19.7 Å². The van der Waals surface area contributed by atoms with Crippen molar-refractivity contribution >= 4 is 5.91 Å². The molecular weight excluding hydrogens is 302 g/mol. The van der Waals surface area contributed by atoms with Gasteiger partial charge in [-0.25, -0.2) is 0 Å². The summed E-state index contributed by atoms with van der Waals surface area (Å²) in [6, 6.07) is 10.5. The zero-order valence-corrected chi connectivity index (χ0v) is 14.0. The molecule has 1 fully saturated rings. The number of carbonyl (C=O) groups is 1. The molecule has 1 aromatic carbocycles. The maximum atomic E-state index is 12.4. The zero-order chi connectivity index (χ0) is 16.6. The van der Waals surface area contributed by atoms with E-state index in [4.69, 9.17) is 4.74 Å². The summed E-state index contributed by atoms with van der Waals surface area (Å²) in [5.74, 6) is 0.215. The van der Waals surface area contributed by atoms with E-state index in [1.165, 1.54) is 5.56 Å². The first kappa shape index (κ1) is 16.7. The Morgan fingerprint density at radius 3 is 2.92 bits per heavy atom. The molecule has 1 aliphatic heterocycles. The van der Waals surface area contributed by atoms with Crippen molar-refractivity contribution in [3.8, 4) is 0 Å². The van der Waals surface area contributed by atoms with E-state index < -0.39 is 0 Å². The molecule has 2 aromatic rings. The summed E-state index contributed by atoms with van der Waals surface area (Å²) in [5.41, 5.74) is 2.44. The number of nitrogens with zero attached hydrogens (tertiary/aromatic N) is 2. The molecule has 1 amide bonds. The van der Waals surface area contributed by atoms with Gasteiger partial charge in [0.15, 0.2) is 0 Å². The molecule has 1 saturated heterocycles. The van der Waals surface area contributed by atoms with Gasteiger partial charge in [0.05, 0.1) is 18.9 Å². The molecule has 3 rings (SSSR count). The minimum atomic E-state index is 0.167. The number of nitrogens with one attached hydrogen (secondary N) is 1. The van der Waals surface area contributed by atoms with E-state index in [1.54, 1.807) is 6.20 Å². The third-order valence-corrected chi connectivity index (χ3v) is 4.51. The highest BCUT2D eigenvalue weighted by atomic mass is 16.5. The molecule has 2 heterocycles. The van der Waals surface area contributed by atoms with Crippen LogP contribution in [0.1, 0.15) is 30.4 Å². The molecule has 1 atom stereocenters. The molecule has 0 aliphatic carbocycles. The lowest BCUT2D eigenvalue weighted by Crippen LogP contribution is -2.45. The average molecular weight is 327 g/mol. The molecule has 1 aromatic heterocycles. The fourth-order valence-electron chi connectivity index (χ4n) is 3.12. The lowest BCUT2D eigenvalue weighted by atomic mass is 10.0. The maximum Gasteiger partial charge on any atom is 0.223 e. The van der Waals surface area contributed by atoms with Crippen LogP contribution in [0.2, 0.25) is 0 Å². The summed E-state index contributed by atoms with van der Waals surface area (Å²) >= 11 is 0. The zero-order valence-electron chi connectivity index (χ0n) is 14.0. The van der Waals surface area contributed by atoms with Crippen LogP contribution in [0.3, 0.4) is 0 Å².